The van der Waals surface area contributed by atoms with E-state index in [4.69, 9.17) is 12.6 Å². The summed E-state index contributed by atoms with van der Waals surface area (Å²) < 4.78 is 0. The van der Waals surface area contributed by atoms with E-state index in [9.17, 15) is 5.11 Å². The molecule has 0 aromatic heterocycles. The average molecular weight is 281 g/mol. The molecule has 1 heterocycles. The normalized spacial score (nSPS) is 15.6. The molecule has 0 atom stereocenters. The molecular formula is C10H10NOSY. The Balaban J connectivity index is 0.00000169. The molecule has 0 radical (unpaired) electrons. The van der Waals surface area contributed by atoms with Crippen LogP contribution in [0.5, 0.6) is 0 Å². The minimum atomic E-state index is -0.0198. The van der Waals surface area contributed by atoms with E-state index in [1.165, 1.54) is 0 Å². The topological polar surface area (TPSA) is 32.6 Å². The molecule has 0 fully saturated rings. The van der Waals surface area contributed by atoms with Gasteiger partial charge in [-0.15, -0.1) is 6.08 Å². The molecule has 14 heavy (non-hydrogen) atoms. The maximum absolute atomic E-state index is 9.51. The summed E-state index contributed by atoms with van der Waals surface area (Å²) in [5.74, 6) is 0.335. The van der Waals surface area contributed by atoms with Crippen molar-refractivity contribution in [2.75, 3.05) is 5.75 Å². The van der Waals surface area contributed by atoms with Crippen LogP contribution in [-0.4, -0.2) is 17.1 Å². The summed E-state index contributed by atoms with van der Waals surface area (Å²) in [5.41, 5.74) is 1.86. The molecule has 4 heteroatoms. The molecule has 0 aromatic rings. The minimum absolute atomic E-state index is 0. The molecule has 0 aliphatic carbocycles. The largest absolute Gasteiger partial charge is 3.00 e. The van der Waals surface area contributed by atoms with Gasteiger partial charge in [-0.3, -0.25) is 0 Å². The maximum Gasteiger partial charge on any atom is 3.00 e. The molecule has 70 valence electrons. The SMILES string of the molecule is C=C([C-]=C(O)C1=C([CH2-])CC=N1)C[S-].[Y+3]. The van der Waals surface area contributed by atoms with Crippen LogP contribution in [0.15, 0.2) is 34.2 Å². The third kappa shape index (κ3) is 3.64. The number of rotatable bonds is 3. The van der Waals surface area contributed by atoms with E-state index < -0.39 is 0 Å². The zero-order chi connectivity index (χ0) is 9.84. The van der Waals surface area contributed by atoms with Gasteiger partial charge in [-0.1, -0.05) is 5.70 Å². The third-order valence-corrected chi connectivity index (χ3v) is 1.94. The second kappa shape index (κ2) is 6.49. The number of nitrogens with zero attached hydrogens (tertiary/aromatic N) is 1. The minimum Gasteiger partial charge on any atom is -0.790 e. The van der Waals surface area contributed by atoms with Crippen LogP contribution in [-0.2, 0) is 45.3 Å². The van der Waals surface area contributed by atoms with Gasteiger partial charge >= 0.3 is 32.7 Å². The average Bonchev–Trinajstić information content (AvgIpc) is 2.51. The maximum atomic E-state index is 9.51. The van der Waals surface area contributed by atoms with Gasteiger partial charge in [-0.25, -0.2) is 6.92 Å². The Hall–Kier alpha value is 0.0139. The molecule has 1 rings (SSSR count). The van der Waals surface area contributed by atoms with E-state index in [2.05, 4.69) is 24.6 Å². The summed E-state index contributed by atoms with van der Waals surface area (Å²) in [6, 6.07) is 0. The number of aliphatic imine (C=N–C) groups is 1. The predicted molar refractivity (Wildman–Crippen MR) is 56.2 cm³/mol. The van der Waals surface area contributed by atoms with Crippen molar-refractivity contribution >= 4 is 18.8 Å². The van der Waals surface area contributed by atoms with Crippen molar-refractivity contribution in [3.05, 3.63) is 42.2 Å². The number of aliphatic hydroxyl groups is 1. The van der Waals surface area contributed by atoms with Gasteiger partial charge in [0.2, 0.25) is 0 Å². The van der Waals surface area contributed by atoms with Gasteiger partial charge in [-0.05, 0) is 12.6 Å². The first-order chi connectivity index (χ1) is 6.15. The summed E-state index contributed by atoms with van der Waals surface area (Å²) >= 11 is 4.74. The summed E-state index contributed by atoms with van der Waals surface area (Å²) in [7, 11) is 0. The number of hydrogen-bond acceptors (Lipinski definition) is 3. The van der Waals surface area contributed by atoms with Crippen molar-refractivity contribution in [1.29, 1.82) is 0 Å². The van der Waals surface area contributed by atoms with Gasteiger partial charge in [0.25, 0.3) is 0 Å². The fourth-order valence-electron chi connectivity index (χ4n) is 0.926. The standard InChI is InChI=1S/C10H11NOS.Y/c1-7(6-13)5-9(12)10-8(2)3-4-11-10;/h4,12-13H,1-3,6H2;/q-2;+3/p-1. The van der Waals surface area contributed by atoms with Gasteiger partial charge in [0.1, 0.15) is 0 Å². The van der Waals surface area contributed by atoms with Crippen molar-refractivity contribution in [2.45, 2.75) is 6.42 Å². The molecule has 0 spiro atoms. The summed E-state index contributed by atoms with van der Waals surface area (Å²) in [6.07, 6.45) is 5.05. The van der Waals surface area contributed by atoms with Gasteiger partial charge in [0.05, 0.1) is 0 Å². The molecular weight excluding hydrogens is 271 g/mol. The first kappa shape index (κ1) is 14.0. The van der Waals surface area contributed by atoms with Crippen molar-refractivity contribution in [2.24, 2.45) is 4.99 Å². The fraction of sp³-hybridized carbons (Fsp3) is 0.200. The van der Waals surface area contributed by atoms with E-state index in [1.807, 2.05) is 0 Å². The van der Waals surface area contributed by atoms with Gasteiger partial charge < -0.3 is 22.7 Å². The molecule has 0 unspecified atom stereocenters. The summed E-state index contributed by atoms with van der Waals surface area (Å²) in [5, 5.41) is 9.51. The van der Waals surface area contributed by atoms with E-state index in [-0.39, 0.29) is 38.5 Å². The Morgan fingerprint density at radius 2 is 2.43 bits per heavy atom. The van der Waals surface area contributed by atoms with Crippen molar-refractivity contribution < 1.29 is 37.8 Å². The molecule has 2 nitrogen and oxygen atoms in total. The summed E-state index contributed by atoms with van der Waals surface area (Å²) in [4.78, 5) is 3.97. The van der Waals surface area contributed by atoms with Gasteiger partial charge in [0.15, 0.2) is 0 Å². The molecule has 0 bridgehead atoms. The number of hydrogen-bond donors (Lipinski definition) is 1. The predicted octanol–water partition coefficient (Wildman–Crippen LogP) is 1.89. The second-order valence-corrected chi connectivity index (χ2v) is 2.98. The van der Waals surface area contributed by atoms with Gasteiger partial charge in [-0.2, -0.15) is 23.5 Å². The monoisotopic (exact) mass is 281 g/mol. The van der Waals surface area contributed by atoms with E-state index in [0.29, 0.717) is 23.4 Å². The zero-order valence-electron chi connectivity index (χ0n) is 7.79. The van der Waals surface area contributed by atoms with E-state index in [1.54, 1.807) is 6.21 Å². The number of allylic oxidation sites excluding steroid dienone is 2. The molecule has 0 aromatic carbocycles. The molecule has 0 saturated heterocycles. The molecule has 1 aliphatic heterocycles. The van der Waals surface area contributed by atoms with Gasteiger partial charge in [0, 0.05) is 5.76 Å². The van der Waals surface area contributed by atoms with Crippen molar-refractivity contribution in [3.63, 3.8) is 0 Å². The van der Waals surface area contributed by atoms with Crippen LogP contribution in [0.25, 0.3) is 0 Å². The molecule has 0 saturated carbocycles. The van der Waals surface area contributed by atoms with Crippen LogP contribution >= 0.6 is 0 Å². The molecule has 0 amide bonds. The Bertz CT molecular complexity index is 318. The van der Waals surface area contributed by atoms with E-state index in [0.717, 1.165) is 5.57 Å². The van der Waals surface area contributed by atoms with Crippen molar-refractivity contribution in [1.82, 2.24) is 0 Å². The number of aliphatic hydroxyl groups excluding tert-OH is 1. The third-order valence-electron chi connectivity index (χ3n) is 1.59. The van der Waals surface area contributed by atoms with Crippen LogP contribution in [0.3, 0.4) is 0 Å². The second-order valence-electron chi connectivity index (χ2n) is 2.69. The van der Waals surface area contributed by atoms with E-state index >= 15 is 0 Å². The van der Waals surface area contributed by atoms with Crippen LogP contribution in [0, 0.1) is 13.0 Å². The Kier molecular flexibility index (Phi) is 6.50. The Labute approximate surface area is 115 Å². The summed E-state index contributed by atoms with van der Waals surface area (Å²) in [6.45, 7) is 7.37. The van der Waals surface area contributed by atoms with Crippen LogP contribution < -0.4 is 0 Å². The Morgan fingerprint density at radius 1 is 1.79 bits per heavy atom. The molecule has 1 aliphatic rings. The fourth-order valence-corrected chi connectivity index (χ4v) is 0.999. The first-order valence-electron chi connectivity index (χ1n) is 3.82. The van der Waals surface area contributed by atoms with Crippen LogP contribution in [0.1, 0.15) is 6.42 Å². The molecule has 1 N–H and O–H groups in total. The van der Waals surface area contributed by atoms with Crippen LogP contribution in [0.2, 0.25) is 0 Å². The van der Waals surface area contributed by atoms with Crippen molar-refractivity contribution in [3.8, 4) is 0 Å². The first-order valence-corrected chi connectivity index (χ1v) is 4.39. The quantitative estimate of drug-likeness (QED) is 0.371. The smallest absolute Gasteiger partial charge is 0.790 e. The zero-order valence-corrected chi connectivity index (χ0v) is 11.4. The Morgan fingerprint density at radius 3 is 2.86 bits per heavy atom. The van der Waals surface area contributed by atoms with Crippen LogP contribution in [0.4, 0.5) is 0 Å².